The highest BCUT2D eigenvalue weighted by Gasteiger charge is 2.43. The molecule has 1 saturated heterocycles. The zero-order valence-corrected chi connectivity index (χ0v) is 26.0. The lowest BCUT2D eigenvalue weighted by molar-refractivity contribution is -0.959. The third-order valence-electron chi connectivity index (χ3n) is 8.51. The Bertz CT molecular complexity index is 1210. The van der Waals surface area contributed by atoms with Crippen LogP contribution in [0.4, 0.5) is 0 Å². The topological polar surface area (TPSA) is 52.6 Å². The first-order chi connectivity index (χ1) is 19.7. The molecule has 1 fully saturated rings. The maximum absolute atomic E-state index is 14.1. The zero-order chi connectivity index (χ0) is 29.8. The van der Waals surface area contributed by atoms with Gasteiger partial charge in [-0.2, -0.15) is 0 Å². The van der Waals surface area contributed by atoms with Crippen LogP contribution in [0, 0.1) is 33.1 Å². The van der Waals surface area contributed by atoms with Crippen molar-refractivity contribution in [1.82, 2.24) is 0 Å². The number of benzene rings is 2. The first kappa shape index (κ1) is 32.4. The smallest absolute Gasteiger partial charge is 0.311 e. The van der Waals surface area contributed by atoms with Gasteiger partial charge in [0.1, 0.15) is 12.6 Å². The summed E-state index contributed by atoms with van der Waals surface area (Å²) in [5.41, 5.74) is 5.55. The molecule has 222 valence electrons. The van der Waals surface area contributed by atoms with E-state index in [4.69, 9.17) is 15.9 Å². The van der Waals surface area contributed by atoms with Crippen LogP contribution < -0.4 is 9.47 Å². The largest absolute Gasteiger partial charge is 0.490 e. The summed E-state index contributed by atoms with van der Waals surface area (Å²) in [6, 6.07) is 10.4. The second-order valence-corrected chi connectivity index (χ2v) is 11.8. The first-order valence-electron chi connectivity index (χ1n) is 15.6. The Balaban J connectivity index is 1.97. The number of hydrogen-bond acceptors (Lipinski definition) is 4. The fraction of sp³-hybridized carbons (Fsp3) is 0.556. The number of unbranched alkanes of at least 4 members (excludes halogenated alkanes) is 2. The van der Waals surface area contributed by atoms with Gasteiger partial charge in [0.05, 0.1) is 19.7 Å². The van der Waals surface area contributed by atoms with Crippen molar-refractivity contribution in [3.05, 3.63) is 58.1 Å². The molecule has 3 rings (SSSR count). The first-order valence-corrected chi connectivity index (χ1v) is 15.6. The normalized spacial score (nSPS) is 18.5. The molecule has 0 aromatic heterocycles. The lowest BCUT2D eigenvalue weighted by Gasteiger charge is -2.47. The highest BCUT2D eigenvalue weighted by Crippen LogP contribution is 2.37. The van der Waals surface area contributed by atoms with Gasteiger partial charge in [-0.25, -0.2) is 0 Å². The Kier molecular flexibility index (Phi) is 12.5. The van der Waals surface area contributed by atoms with Crippen LogP contribution in [0.5, 0.6) is 11.5 Å². The number of hydrogen-bond donors (Lipinski definition) is 0. The number of carbonyl (C=O) groups is 2. The van der Waals surface area contributed by atoms with Crippen molar-refractivity contribution in [2.75, 3.05) is 19.7 Å². The molecule has 0 N–H and O–H groups in total. The Labute approximate surface area is 248 Å². The minimum Gasteiger partial charge on any atom is -0.490 e. The van der Waals surface area contributed by atoms with E-state index < -0.39 is 0 Å². The van der Waals surface area contributed by atoms with Crippen LogP contribution in [0.1, 0.15) is 99.5 Å². The maximum atomic E-state index is 14.1. The van der Waals surface area contributed by atoms with Crippen molar-refractivity contribution >= 4 is 11.8 Å². The molecule has 0 saturated carbocycles. The highest BCUT2D eigenvalue weighted by molar-refractivity contribution is 5.85. The van der Waals surface area contributed by atoms with Gasteiger partial charge in [0.15, 0.2) is 17.3 Å². The monoisotopic (exact) mass is 560 g/mol. The van der Waals surface area contributed by atoms with Gasteiger partial charge in [0.2, 0.25) is 0 Å². The molecule has 2 unspecified atom stereocenters. The number of rotatable bonds is 15. The molecular weight excluding hydrogens is 510 g/mol. The van der Waals surface area contributed by atoms with Gasteiger partial charge in [-0.05, 0) is 87.3 Å². The van der Waals surface area contributed by atoms with Crippen LogP contribution in [-0.4, -0.2) is 42.0 Å². The van der Waals surface area contributed by atoms with E-state index in [0.717, 1.165) is 80.2 Å². The van der Waals surface area contributed by atoms with Crippen LogP contribution in [0.3, 0.4) is 0 Å². The van der Waals surface area contributed by atoms with Gasteiger partial charge in [-0.3, -0.25) is 9.59 Å². The molecule has 0 bridgehead atoms. The number of ketones is 1. The third kappa shape index (κ3) is 8.69. The molecule has 0 aliphatic carbocycles. The summed E-state index contributed by atoms with van der Waals surface area (Å²) in [7, 11) is 0. The molecule has 0 amide bonds. The Morgan fingerprint density at radius 1 is 1.02 bits per heavy atom. The number of esters is 1. The van der Waals surface area contributed by atoms with Crippen LogP contribution in [0.2, 0.25) is 0 Å². The number of terminal acetylenes is 1. The number of Topliss-reactive ketones (excluding diaryl/α,β-unsaturated/α-hetero) is 1. The summed E-state index contributed by atoms with van der Waals surface area (Å²) in [6.07, 6.45) is 13.7. The molecule has 1 aliphatic rings. The lowest BCUT2D eigenvalue weighted by atomic mass is 9.88. The van der Waals surface area contributed by atoms with E-state index in [2.05, 4.69) is 51.0 Å². The zero-order valence-electron chi connectivity index (χ0n) is 26.0. The van der Waals surface area contributed by atoms with E-state index in [1.807, 2.05) is 19.9 Å². The van der Waals surface area contributed by atoms with E-state index in [0.29, 0.717) is 43.2 Å². The van der Waals surface area contributed by atoms with Crippen molar-refractivity contribution in [2.45, 2.75) is 111 Å². The van der Waals surface area contributed by atoms with E-state index in [9.17, 15) is 9.59 Å². The summed E-state index contributed by atoms with van der Waals surface area (Å²) in [5, 5.41) is 0. The van der Waals surface area contributed by atoms with Gasteiger partial charge in [0.25, 0.3) is 0 Å². The summed E-state index contributed by atoms with van der Waals surface area (Å²) in [4.78, 5) is 26.5. The highest BCUT2D eigenvalue weighted by atomic mass is 16.6. The fourth-order valence-corrected chi connectivity index (χ4v) is 6.32. The molecule has 2 atom stereocenters. The molecule has 5 nitrogen and oxygen atoms in total. The average molecular weight is 561 g/mol. The van der Waals surface area contributed by atoms with Crippen LogP contribution in [-0.2, 0) is 22.6 Å². The van der Waals surface area contributed by atoms with Gasteiger partial charge in [0, 0.05) is 31.2 Å². The summed E-state index contributed by atoms with van der Waals surface area (Å²) < 4.78 is 12.7. The lowest BCUT2D eigenvalue weighted by Crippen LogP contribution is -2.61. The predicted octanol–water partition coefficient (Wildman–Crippen LogP) is 7.59. The van der Waals surface area contributed by atoms with Crippen molar-refractivity contribution < 1.29 is 23.5 Å². The van der Waals surface area contributed by atoms with Crippen molar-refractivity contribution in [2.24, 2.45) is 0 Å². The molecule has 0 radical (unpaired) electrons. The standard InChI is InChI=1S/C36H50NO4/c1-7-10-14-22-40-34-24-30(23-29(6)36(34)41-35(39)16-9-3)26-37(20-11-8-2)21-13-12-19-32(37)33(38)25-31-27(4)17-15-18-28(31)5/h1,15,17-18,23-24,32H,8-14,16,19-22,25-26H2,2-6H3/q+1. The Hall–Kier alpha value is -3.10. The van der Waals surface area contributed by atoms with Crippen LogP contribution in [0.15, 0.2) is 30.3 Å². The molecule has 2 aromatic rings. The number of aryl methyl sites for hydroxylation is 3. The molecule has 5 heteroatoms. The molecule has 41 heavy (non-hydrogen) atoms. The summed E-state index contributed by atoms with van der Waals surface area (Å²) in [6.45, 7) is 13.6. The number of ether oxygens (including phenoxy) is 2. The Morgan fingerprint density at radius 2 is 1.78 bits per heavy atom. The van der Waals surface area contributed by atoms with E-state index in [1.54, 1.807) is 0 Å². The second kappa shape index (κ2) is 15.8. The van der Waals surface area contributed by atoms with Crippen molar-refractivity contribution in [3.8, 4) is 23.8 Å². The van der Waals surface area contributed by atoms with Gasteiger partial charge in [-0.1, -0.05) is 38.5 Å². The van der Waals surface area contributed by atoms with E-state index >= 15 is 0 Å². The van der Waals surface area contributed by atoms with Gasteiger partial charge < -0.3 is 14.0 Å². The second-order valence-electron chi connectivity index (χ2n) is 11.8. The Morgan fingerprint density at radius 3 is 2.46 bits per heavy atom. The average Bonchev–Trinajstić information content (AvgIpc) is 2.94. The predicted molar refractivity (Wildman–Crippen MR) is 166 cm³/mol. The van der Waals surface area contributed by atoms with Gasteiger partial charge >= 0.3 is 5.97 Å². The van der Waals surface area contributed by atoms with Crippen molar-refractivity contribution in [1.29, 1.82) is 0 Å². The van der Waals surface area contributed by atoms with E-state index in [1.165, 1.54) is 16.7 Å². The number of carbonyl (C=O) groups excluding carboxylic acids is 2. The maximum Gasteiger partial charge on any atom is 0.311 e. The molecule has 1 heterocycles. The fourth-order valence-electron chi connectivity index (χ4n) is 6.32. The van der Waals surface area contributed by atoms with Gasteiger partial charge in [-0.15, -0.1) is 12.3 Å². The molecule has 0 spiro atoms. The van der Waals surface area contributed by atoms with Crippen molar-refractivity contribution in [3.63, 3.8) is 0 Å². The quantitative estimate of drug-likeness (QED) is 0.0740. The number of quaternary nitrogens is 1. The minimum absolute atomic E-state index is 0.0309. The summed E-state index contributed by atoms with van der Waals surface area (Å²) in [5.74, 6) is 3.84. The number of nitrogens with zero attached hydrogens (tertiary/aromatic N) is 1. The molecule has 1 aliphatic heterocycles. The number of piperidine rings is 1. The molecular formula is C36H50NO4+. The SMILES string of the molecule is C#CCCCOc1cc(C[N+]2(CCCC)CCCCC2C(=O)Cc2c(C)cccc2C)cc(C)c1OC(=O)CCC. The minimum atomic E-state index is -0.253. The van der Waals surface area contributed by atoms with Crippen LogP contribution in [0.25, 0.3) is 0 Å². The summed E-state index contributed by atoms with van der Waals surface area (Å²) >= 11 is 0. The number of likely N-dealkylation sites (tertiary alicyclic amines) is 1. The third-order valence-corrected chi connectivity index (χ3v) is 8.51. The molecule has 2 aromatic carbocycles. The van der Waals surface area contributed by atoms with E-state index in [-0.39, 0.29) is 12.0 Å². The van der Waals surface area contributed by atoms with Crippen LogP contribution >= 0.6 is 0 Å².